The van der Waals surface area contributed by atoms with Gasteiger partial charge in [0, 0.05) is 49.4 Å². The summed E-state index contributed by atoms with van der Waals surface area (Å²) in [4.78, 5) is 41.7. The summed E-state index contributed by atoms with van der Waals surface area (Å²) in [5.74, 6) is 1.31. The van der Waals surface area contributed by atoms with Crippen molar-refractivity contribution in [1.29, 1.82) is 0 Å². The predicted molar refractivity (Wildman–Crippen MR) is 138 cm³/mol. The largest absolute Gasteiger partial charge is 0.352 e. The van der Waals surface area contributed by atoms with Crippen LogP contribution in [0.5, 0.6) is 0 Å². The SMILES string of the molecule is CCN(CC)C(=O)c1ccc(C(=O)NCC2C3CN(C(=O)c4ccc(C(C)(C)C)cc4)CC23)cc1. The Morgan fingerprint density at radius 2 is 1.37 bits per heavy atom. The number of hydrogen-bond donors (Lipinski definition) is 1. The van der Waals surface area contributed by atoms with Gasteiger partial charge in [0.05, 0.1) is 0 Å². The summed E-state index contributed by atoms with van der Waals surface area (Å²) in [5.41, 5.74) is 3.19. The molecule has 6 heteroatoms. The third-order valence-corrected chi connectivity index (χ3v) is 7.60. The van der Waals surface area contributed by atoms with Crippen LogP contribution in [0.1, 0.15) is 71.3 Å². The minimum atomic E-state index is -0.122. The third-order valence-electron chi connectivity index (χ3n) is 7.60. The Hall–Kier alpha value is -3.15. The molecular weight excluding hydrogens is 438 g/mol. The van der Waals surface area contributed by atoms with Crippen molar-refractivity contribution in [2.75, 3.05) is 32.7 Å². The van der Waals surface area contributed by atoms with Crippen molar-refractivity contribution < 1.29 is 14.4 Å². The first-order chi connectivity index (χ1) is 16.6. The summed E-state index contributed by atoms with van der Waals surface area (Å²) in [7, 11) is 0. The van der Waals surface area contributed by atoms with Gasteiger partial charge in [-0.05, 0) is 79.0 Å². The lowest BCUT2D eigenvalue weighted by atomic mass is 9.86. The van der Waals surface area contributed by atoms with Crippen molar-refractivity contribution >= 4 is 17.7 Å². The van der Waals surface area contributed by atoms with E-state index in [1.807, 2.05) is 30.9 Å². The topological polar surface area (TPSA) is 69.7 Å². The Kier molecular flexibility index (Phi) is 7.02. The molecule has 0 bridgehead atoms. The molecule has 2 atom stereocenters. The third kappa shape index (κ3) is 5.26. The van der Waals surface area contributed by atoms with Crippen molar-refractivity contribution in [3.05, 3.63) is 70.8 Å². The summed E-state index contributed by atoms with van der Waals surface area (Å²) < 4.78 is 0. The highest BCUT2D eigenvalue weighted by molar-refractivity contribution is 5.98. The Morgan fingerprint density at radius 3 is 1.89 bits per heavy atom. The molecule has 6 nitrogen and oxygen atoms in total. The van der Waals surface area contributed by atoms with E-state index in [0.717, 1.165) is 18.7 Å². The number of amides is 3. The Bertz CT molecular complexity index is 1070. The van der Waals surface area contributed by atoms with Crippen LogP contribution in [0.15, 0.2) is 48.5 Å². The molecule has 1 N–H and O–H groups in total. The molecule has 2 unspecified atom stereocenters. The maximum absolute atomic E-state index is 12.9. The zero-order valence-corrected chi connectivity index (χ0v) is 21.5. The molecule has 35 heavy (non-hydrogen) atoms. The molecule has 1 aliphatic heterocycles. The molecule has 0 spiro atoms. The molecule has 1 aliphatic carbocycles. The number of carbonyl (C=O) groups is 3. The zero-order chi connectivity index (χ0) is 25.3. The average Bonchev–Trinajstić information content (AvgIpc) is 3.30. The minimum Gasteiger partial charge on any atom is -0.352 e. The van der Waals surface area contributed by atoms with Crippen LogP contribution in [0.25, 0.3) is 0 Å². The fourth-order valence-electron chi connectivity index (χ4n) is 5.18. The molecule has 2 fully saturated rings. The summed E-state index contributed by atoms with van der Waals surface area (Å²) in [6, 6.07) is 14.8. The number of nitrogens with zero attached hydrogens (tertiary/aromatic N) is 2. The highest BCUT2D eigenvalue weighted by Gasteiger charge is 2.56. The molecule has 186 valence electrons. The predicted octanol–water partition coefficient (Wildman–Crippen LogP) is 4.21. The van der Waals surface area contributed by atoms with Gasteiger partial charge in [0.1, 0.15) is 0 Å². The smallest absolute Gasteiger partial charge is 0.253 e. The summed E-state index contributed by atoms with van der Waals surface area (Å²) in [5, 5.41) is 3.04. The molecule has 0 radical (unpaired) electrons. The zero-order valence-electron chi connectivity index (χ0n) is 21.5. The first kappa shape index (κ1) is 25.0. The molecule has 2 aliphatic rings. The van der Waals surface area contributed by atoms with Crippen LogP contribution in [0.4, 0.5) is 0 Å². The van der Waals surface area contributed by atoms with E-state index in [1.54, 1.807) is 29.2 Å². The normalized spacial score (nSPS) is 20.8. The van der Waals surface area contributed by atoms with Crippen molar-refractivity contribution in [2.45, 2.75) is 40.0 Å². The van der Waals surface area contributed by atoms with Gasteiger partial charge in [0.25, 0.3) is 17.7 Å². The molecule has 3 amide bonds. The molecule has 1 saturated heterocycles. The number of fused-ring (bicyclic) bond motifs is 1. The second-order valence-corrected chi connectivity index (χ2v) is 10.8. The molecule has 1 heterocycles. The highest BCUT2D eigenvalue weighted by atomic mass is 16.2. The fraction of sp³-hybridized carbons (Fsp3) is 0.483. The van der Waals surface area contributed by atoms with E-state index in [2.05, 4.69) is 38.2 Å². The van der Waals surface area contributed by atoms with E-state index in [9.17, 15) is 14.4 Å². The van der Waals surface area contributed by atoms with Crippen LogP contribution in [-0.2, 0) is 5.41 Å². The van der Waals surface area contributed by atoms with Gasteiger partial charge in [-0.1, -0.05) is 32.9 Å². The van der Waals surface area contributed by atoms with Gasteiger partial charge < -0.3 is 15.1 Å². The van der Waals surface area contributed by atoms with Crippen molar-refractivity contribution in [3.63, 3.8) is 0 Å². The van der Waals surface area contributed by atoms with E-state index in [-0.39, 0.29) is 23.1 Å². The molecule has 1 saturated carbocycles. The molecule has 0 aromatic heterocycles. The lowest BCUT2D eigenvalue weighted by Gasteiger charge is -2.22. The fourth-order valence-corrected chi connectivity index (χ4v) is 5.18. The van der Waals surface area contributed by atoms with E-state index in [1.165, 1.54) is 5.56 Å². The van der Waals surface area contributed by atoms with Crippen molar-refractivity contribution in [2.24, 2.45) is 17.8 Å². The average molecular weight is 476 g/mol. The number of likely N-dealkylation sites (tertiary alicyclic amines) is 1. The van der Waals surface area contributed by atoms with Crippen LogP contribution >= 0.6 is 0 Å². The molecule has 2 aromatic carbocycles. The number of benzene rings is 2. The Labute approximate surface area is 208 Å². The Morgan fingerprint density at radius 1 is 0.857 bits per heavy atom. The van der Waals surface area contributed by atoms with Gasteiger partial charge in [0.2, 0.25) is 0 Å². The molecule has 4 rings (SSSR count). The Balaban J connectivity index is 1.24. The summed E-state index contributed by atoms with van der Waals surface area (Å²) >= 11 is 0. The maximum atomic E-state index is 12.9. The van der Waals surface area contributed by atoms with Gasteiger partial charge in [-0.2, -0.15) is 0 Å². The van der Waals surface area contributed by atoms with E-state index >= 15 is 0 Å². The molecular formula is C29H37N3O3. The maximum Gasteiger partial charge on any atom is 0.253 e. The van der Waals surface area contributed by atoms with E-state index < -0.39 is 0 Å². The number of nitrogens with one attached hydrogen (secondary N) is 1. The quantitative estimate of drug-likeness (QED) is 0.652. The summed E-state index contributed by atoms with van der Waals surface area (Å²) in [6.07, 6.45) is 0. The van der Waals surface area contributed by atoms with Crippen LogP contribution in [-0.4, -0.2) is 60.2 Å². The van der Waals surface area contributed by atoms with Crippen LogP contribution in [0, 0.1) is 17.8 Å². The molecule has 2 aromatic rings. The second-order valence-electron chi connectivity index (χ2n) is 10.8. The first-order valence-electron chi connectivity index (χ1n) is 12.7. The van der Waals surface area contributed by atoms with Crippen molar-refractivity contribution in [3.8, 4) is 0 Å². The number of piperidine rings is 1. The number of carbonyl (C=O) groups excluding carboxylic acids is 3. The van der Waals surface area contributed by atoms with Crippen LogP contribution in [0.3, 0.4) is 0 Å². The highest BCUT2D eigenvalue weighted by Crippen LogP contribution is 2.51. The summed E-state index contributed by atoms with van der Waals surface area (Å²) in [6.45, 7) is 13.9. The van der Waals surface area contributed by atoms with Gasteiger partial charge in [0.15, 0.2) is 0 Å². The van der Waals surface area contributed by atoms with E-state index in [0.29, 0.717) is 48.5 Å². The second kappa shape index (κ2) is 9.84. The van der Waals surface area contributed by atoms with Crippen molar-refractivity contribution in [1.82, 2.24) is 15.1 Å². The number of hydrogen-bond acceptors (Lipinski definition) is 3. The van der Waals surface area contributed by atoms with Crippen LogP contribution in [0.2, 0.25) is 0 Å². The van der Waals surface area contributed by atoms with Gasteiger partial charge in [-0.15, -0.1) is 0 Å². The van der Waals surface area contributed by atoms with Gasteiger partial charge in [-0.3, -0.25) is 14.4 Å². The number of rotatable bonds is 7. The lowest BCUT2D eigenvalue weighted by Crippen LogP contribution is -2.34. The standard InChI is InChI=1S/C29H37N3O3/c1-6-31(7-2)27(34)20-10-8-19(9-11-20)26(33)30-16-23-24-17-32(18-25(23)24)28(35)21-12-14-22(15-13-21)29(3,4)5/h8-15,23-25H,6-7,16-18H2,1-5H3,(H,30,33). The van der Waals surface area contributed by atoms with Gasteiger partial charge in [-0.25, -0.2) is 0 Å². The lowest BCUT2D eigenvalue weighted by molar-refractivity contribution is 0.0761. The van der Waals surface area contributed by atoms with E-state index in [4.69, 9.17) is 0 Å². The van der Waals surface area contributed by atoms with Crippen LogP contribution < -0.4 is 5.32 Å². The first-order valence-corrected chi connectivity index (χ1v) is 12.7. The van der Waals surface area contributed by atoms with Gasteiger partial charge >= 0.3 is 0 Å². The minimum absolute atomic E-state index is 0.0167. The monoisotopic (exact) mass is 475 g/mol.